The molecule has 0 aliphatic heterocycles. The number of nitrogens with zero attached hydrogens (tertiary/aromatic N) is 4. The molecule has 1 heterocycles. The highest BCUT2D eigenvalue weighted by Crippen LogP contribution is 2.23. The topological polar surface area (TPSA) is 81.9 Å². The quantitative estimate of drug-likeness (QED) is 0.872. The van der Waals surface area contributed by atoms with Crippen LogP contribution in [0.1, 0.15) is 31.5 Å². The van der Waals surface area contributed by atoms with Gasteiger partial charge in [0.15, 0.2) is 5.82 Å². The SMILES string of the molecule is O=C(Cn1nnnc1COc1ccccc1Cl)NC1CCCC1. The van der Waals surface area contributed by atoms with E-state index < -0.39 is 0 Å². The molecule has 1 aliphatic rings. The van der Waals surface area contributed by atoms with E-state index in [1.54, 1.807) is 12.1 Å². The summed E-state index contributed by atoms with van der Waals surface area (Å²) in [4.78, 5) is 12.1. The lowest BCUT2D eigenvalue weighted by Crippen LogP contribution is -2.35. The summed E-state index contributed by atoms with van der Waals surface area (Å²) in [6.45, 7) is 0.234. The number of benzene rings is 1. The van der Waals surface area contributed by atoms with Gasteiger partial charge < -0.3 is 10.1 Å². The number of halogens is 1. The first kappa shape index (κ1) is 15.7. The Morgan fingerprint density at radius 2 is 2.13 bits per heavy atom. The summed E-state index contributed by atoms with van der Waals surface area (Å²) in [6.07, 6.45) is 4.44. The van der Waals surface area contributed by atoms with E-state index >= 15 is 0 Å². The van der Waals surface area contributed by atoms with Crippen molar-refractivity contribution in [2.24, 2.45) is 0 Å². The Labute approximate surface area is 139 Å². The second-order valence-electron chi connectivity index (χ2n) is 5.52. The van der Waals surface area contributed by atoms with Crippen molar-refractivity contribution >= 4 is 17.5 Å². The van der Waals surface area contributed by atoms with E-state index in [4.69, 9.17) is 16.3 Å². The molecule has 2 aromatic rings. The lowest BCUT2D eigenvalue weighted by molar-refractivity contribution is -0.122. The van der Waals surface area contributed by atoms with Crippen LogP contribution in [0.5, 0.6) is 5.75 Å². The van der Waals surface area contributed by atoms with Crippen molar-refractivity contribution in [2.75, 3.05) is 0 Å². The smallest absolute Gasteiger partial charge is 0.242 e. The Morgan fingerprint density at radius 1 is 1.35 bits per heavy atom. The van der Waals surface area contributed by atoms with Crippen molar-refractivity contribution in [3.63, 3.8) is 0 Å². The maximum absolute atomic E-state index is 12.1. The van der Waals surface area contributed by atoms with Crippen molar-refractivity contribution in [1.82, 2.24) is 25.5 Å². The van der Waals surface area contributed by atoms with Crippen LogP contribution in [0.3, 0.4) is 0 Å². The standard InChI is InChI=1S/C15H18ClN5O2/c16-12-7-3-4-8-13(12)23-10-14-18-19-20-21(14)9-15(22)17-11-5-1-2-6-11/h3-4,7-8,11H,1-2,5-6,9-10H2,(H,17,22). The number of ether oxygens (including phenoxy) is 1. The van der Waals surface area contributed by atoms with Crippen molar-refractivity contribution in [2.45, 2.75) is 44.9 Å². The van der Waals surface area contributed by atoms with E-state index in [1.165, 1.54) is 17.5 Å². The minimum atomic E-state index is -0.0804. The van der Waals surface area contributed by atoms with E-state index in [2.05, 4.69) is 20.8 Å². The molecule has 1 aromatic heterocycles. The molecule has 1 saturated carbocycles. The van der Waals surface area contributed by atoms with Crippen LogP contribution < -0.4 is 10.1 Å². The van der Waals surface area contributed by atoms with Crippen LogP contribution in [0.2, 0.25) is 5.02 Å². The minimum absolute atomic E-state index is 0.0804. The summed E-state index contributed by atoms with van der Waals surface area (Å²) in [5, 5.41) is 14.9. The molecule has 1 amide bonds. The molecule has 23 heavy (non-hydrogen) atoms. The van der Waals surface area contributed by atoms with E-state index in [-0.39, 0.29) is 25.1 Å². The van der Waals surface area contributed by atoms with Crippen LogP contribution in [0.15, 0.2) is 24.3 Å². The minimum Gasteiger partial charge on any atom is -0.484 e. The third kappa shape index (κ3) is 4.19. The van der Waals surface area contributed by atoms with Crippen LogP contribution >= 0.6 is 11.6 Å². The van der Waals surface area contributed by atoms with Crippen LogP contribution in [0, 0.1) is 0 Å². The molecule has 7 nitrogen and oxygen atoms in total. The maximum atomic E-state index is 12.1. The lowest BCUT2D eigenvalue weighted by atomic mass is 10.2. The zero-order valence-corrected chi connectivity index (χ0v) is 13.4. The highest BCUT2D eigenvalue weighted by atomic mass is 35.5. The molecule has 0 atom stereocenters. The number of tetrazole rings is 1. The second-order valence-corrected chi connectivity index (χ2v) is 5.93. The summed E-state index contributed by atoms with van der Waals surface area (Å²) in [7, 11) is 0. The summed E-state index contributed by atoms with van der Waals surface area (Å²) in [6, 6.07) is 7.45. The number of aromatic nitrogens is 4. The summed E-state index contributed by atoms with van der Waals surface area (Å²) in [5.74, 6) is 0.953. The molecule has 0 radical (unpaired) electrons. The molecular weight excluding hydrogens is 318 g/mol. The normalized spacial score (nSPS) is 14.8. The fraction of sp³-hybridized carbons (Fsp3) is 0.467. The van der Waals surface area contributed by atoms with Gasteiger partial charge in [-0.1, -0.05) is 36.6 Å². The van der Waals surface area contributed by atoms with Gasteiger partial charge in [0.05, 0.1) is 5.02 Å². The maximum Gasteiger partial charge on any atom is 0.242 e. The molecular formula is C15H18ClN5O2. The molecule has 1 aromatic carbocycles. The number of nitrogens with one attached hydrogen (secondary N) is 1. The highest BCUT2D eigenvalue weighted by molar-refractivity contribution is 6.32. The third-order valence-corrected chi connectivity index (χ3v) is 4.13. The fourth-order valence-electron chi connectivity index (χ4n) is 2.63. The summed E-state index contributed by atoms with van der Waals surface area (Å²) < 4.78 is 7.06. The molecule has 122 valence electrons. The van der Waals surface area contributed by atoms with Gasteiger partial charge >= 0.3 is 0 Å². The monoisotopic (exact) mass is 335 g/mol. The molecule has 1 N–H and O–H groups in total. The van der Waals surface area contributed by atoms with Crippen molar-refractivity contribution in [3.05, 3.63) is 35.1 Å². The van der Waals surface area contributed by atoms with Gasteiger partial charge in [0.1, 0.15) is 18.9 Å². The molecule has 0 saturated heterocycles. The molecule has 8 heteroatoms. The number of amides is 1. The second kappa shape index (κ2) is 7.41. The van der Waals surface area contributed by atoms with Gasteiger partial charge in [0.25, 0.3) is 0 Å². The summed E-state index contributed by atoms with van der Waals surface area (Å²) in [5.41, 5.74) is 0. The van der Waals surface area contributed by atoms with Gasteiger partial charge in [-0.3, -0.25) is 4.79 Å². The van der Waals surface area contributed by atoms with E-state index in [0.717, 1.165) is 12.8 Å². The van der Waals surface area contributed by atoms with Gasteiger partial charge in [-0.05, 0) is 35.4 Å². The van der Waals surface area contributed by atoms with Crippen molar-refractivity contribution in [1.29, 1.82) is 0 Å². The number of rotatable bonds is 6. The molecule has 0 spiro atoms. The zero-order valence-electron chi connectivity index (χ0n) is 12.6. The Hall–Kier alpha value is -2.15. The van der Waals surface area contributed by atoms with Gasteiger partial charge in [-0.15, -0.1) is 5.10 Å². The number of hydrogen-bond donors (Lipinski definition) is 1. The van der Waals surface area contributed by atoms with Gasteiger partial charge in [0, 0.05) is 6.04 Å². The Kier molecular flexibility index (Phi) is 5.07. The van der Waals surface area contributed by atoms with E-state index in [1.807, 2.05) is 12.1 Å². The largest absolute Gasteiger partial charge is 0.484 e. The predicted octanol–water partition coefficient (Wildman–Crippen LogP) is 1.96. The Morgan fingerprint density at radius 3 is 2.91 bits per heavy atom. The molecule has 0 unspecified atom stereocenters. The van der Waals surface area contributed by atoms with Crippen LogP contribution in [-0.4, -0.2) is 32.2 Å². The number of carbonyl (C=O) groups is 1. The van der Waals surface area contributed by atoms with E-state index in [9.17, 15) is 4.79 Å². The van der Waals surface area contributed by atoms with Crippen molar-refractivity contribution in [3.8, 4) is 5.75 Å². The first-order valence-electron chi connectivity index (χ1n) is 7.64. The highest BCUT2D eigenvalue weighted by Gasteiger charge is 2.18. The molecule has 3 rings (SSSR count). The average molecular weight is 336 g/mol. The van der Waals surface area contributed by atoms with E-state index in [0.29, 0.717) is 16.6 Å². The van der Waals surface area contributed by atoms with Gasteiger partial charge in [-0.2, -0.15) is 0 Å². The number of para-hydroxylation sites is 1. The van der Waals surface area contributed by atoms with Crippen LogP contribution in [0.25, 0.3) is 0 Å². The predicted molar refractivity (Wildman–Crippen MR) is 84.0 cm³/mol. The Bertz CT molecular complexity index is 669. The van der Waals surface area contributed by atoms with Crippen LogP contribution in [-0.2, 0) is 17.9 Å². The number of carbonyl (C=O) groups excluding carboxylic acids is 1. The third-order valence-electron chi connectivity index (χ3n) is 3.81. The van der Waals surface area contributed by atoms with Crippen molar-refractivity contribution < 1.29 is 9.53 Å². The number of hydrogen-bond acceptors (Lipinski definition) is 5. The zero-order chi connectivity index (χ0) is 16.1. The average Bonchev–Trinajstić information content (AvgIpc) is 3.18. The van der Waals surface area contributed by atoms with Crippen LogP contribution in [0.4, 0.5) is 0 Å². The lowest BCUT2D eigenvalue weighted by Gasteiger charge is -2.12. The molecule has 0 bridgehead atoms. The summed E-state index contributed by atoms with van der Waals surface area (Å²) >= 11 is 6.04. The molecule has 1 fully saturated rings. The first-order valence-corrected chi connectivity index (χ1v) is 8.02. The fourth-order valence-corrected chi connectivity index (χ4v) is 2.82. The molecule has 1 aliphatic carbocycles. The van der Waals surface area contributed by atoms with Gasteiger partial charge in [0.2, 0.25) is 5.91 Å². The first-order chi connectivity index (χ1) is 11.2. The Balaban J connectivity index is 1.56. The van der Waals surface area contributed by atoms with Gasteiger partial charge in [-0.25, -0.2) is 4.68 Å².